The van der Waals surface area contributed by atoms with Gasteiger partial charge in [0, 0.05) is 23.0 Å². The van der Waals surface area contributed by atoms with Gasteiger partial charge in [-0.15, -0.1) is 0 Å². The van der Waals surface area contributed by atoms with E-state index < -0.39 is 47.9 Å². The highest BCUT2D eigenvalue weighted by molar-refractivity contribution is 8.24. The summed E-state index contributed by atoms with van der Waals surface area (Å²) in [6, 6.07) is 5.33. The van der Waals surface area contributed by atoms with Gasteiger partial charge in [-0.25, -0.2) is 19.2 Å². The van der Waals surface area contributed by atoms with E-state index in [9.17, 15) is 29.7 Å². The third kappa shape index (κ3) is 11.6. The maximum absolute atomic E-state index is 12.5. The number of hydrogen-bond donors (Lipinski definition) is 0. The highest BCUT2D eigenvalue weighted by Gasteiger charge is 2.31. The number of benzene rings is 1. The van der Waals surface area contributed by atoms with E-state index >= 15 is 0 Å². The molecule has 1 aliphatic heterocycles. The number of nitrogens with zero attached hydrogens (tertiary/aromatic N) is 2. The van der Waals surface area contributed by atoms with Gasteiger partial charge < -0.3 is 28.4 Å². The molecule has 0 aromatic heterocycles. The van der Waals surface area contributed by atoms with E-state index in [4.69, 9.17) is 28.4 Å². The van der Waals surface area contributed by atoms with Crippen molar-refractivity contribution in [2.24, 2.45) is 10.8 Å². The summed E-state index contributed by atoms with van der Waals surface area (Å²) in [6.07, 6.45) is 2.09. The van der Waals surface area contributed by atoms with Gasteiger partial charge in [0.25, 0.3) is 0 Å². The summed E-state index contributed by atoms with van der Waals surface area (Å²) in [5.74, 6) is -1.91. The maximum atomic E-state index is 12.5. The van der Waals surface area contributed by atoms with E-state index in [1.54, 1.807) is 40.7 Å². The standard InChI is InChI=1S/C31H34N2O10S2/c1-8-22(34)40-15-30(4,5)17-42-24(36)13-38-21-10-19(3)26(28-27(21)44-29(45-28)20(11-32)12-33)39-14-25(37)43-18-31(6,7)16-41-23(35)9-2/h8-10H,1-2,13-18H2,3-7H3. The number of carbonyl (C=O) groups excluding carboxylic acids is 4. The van der Waals surface area contributed by atoms with Crippen LogP contribution in [0, 0.1) is 40.4 Å². The lowest BCUT2D eigenvalue weighted by atomic mass is 9.96. The molecule has 0 spiro atoms. The molecular weight excluding hydrogens is 624 g/mol. The van der Waals surface area contributed by atoms with E-state index in [1.165, 1.54) is 0 Å². The van der Waals surface area contributed by atoms with Crippen molar-refractivity contribution in [3.8, 4) is 23.6 Å². The first-order chi connectivity index (χ1) is 21.1. The van der Waals surface area contributed by atoms with E-state index in [1.807, 2.05) is 12.1 Å². The summed E-state index contributed by atoms with van der Waals surface area (Å²) in [6.45, 7) is 14.5. The van der Waals surface area contributed by atoms with Gasteiger partial charge >= 0.3 is 23.9 Å². The molecule has 240 valence electrons. The summed E-state index contributed by atoms with van der Waals surface area (Å²) in [7, 11) is 0. The second kappa shape index (κ2) is 16.6. The highest BCUT2D eigenvalue weighted by Crippen LogP contribution is 2.59. The summed E-state index contributed by atoms with van der Waals surface area (Å²) < 4.78 is 32.7. The number of nitriles is 2. The fraction of sp³-hybridized carbons (Fsp3) is 0.419. The zero-order chi connectivity index (χ0) is 33.8. The number of carbonyl (C=O) groups is 4. The summed E-state index contributed by atoms with van der Waals surface area (Å²) in [5, 5.41) is 18.8. The Morgan fingerprint density at radius 3 is 1.69 bits per heavy atom. The van der Waals surface area contributed by atoms with Gasteiger partial charge in [0.2, 0.25) is 0 Å². The molecule has 1 heterocycles. The van der Waals surface area contributed by atoms with E-state index in [0.717, 1.165) is 35.7 Å². The van der Waals surface area contributed by atoms with Crippen molar-refractivity contribution < 1.29 is 47.6 Å². The van der Waals surface area contributed by atoms with Crippen LogP contribution in [-0.2, 0) is 38.1 Å². The Balaban J connectivity index is 2.14. The van der Waals surface area contributed by atoms with Crippen LogP contribution in [0.1, 0.15) is 33.3 Å². The largest absolute Gasteiger partial charge is 0.481 e. The van der Waals surface area contributed by atoms with Crippen molar-refractivity contribution in [3.05, 3.63) is 46.8 Å². The second-order valence-electron chi connectivity index (χ2n) is 11.1. The molecule has 0 saturated heterocycles. The Labute approximate surface area is 270 Å². The Kier molecular flexibility index (Phi) is 13.6. The van der Waals surface area contributed by atoms with Crippen molar-refractivity contribution in [3.63, 3.8) is 0 Å². The van der Waals surface area contributed by atoms with E-state index in [0.29, 0.717) is 25.3 Å². The minimum Gasteiger partial charge on any atom is -0.481 e. The minimum atomic E-state index is -0.670. The monoisotopic (exact) mass is 658 g/mol. The molecule has 1 aromatic carbocycles. The van der Waals surface area contributed by atoms with Crippen molar-refractivity contribution in [1.82, 2.24) is 0 Å². The summed E-state index contributed by atoms with van der Waals surface area (Å²) in [4.78, 5) is 48.7. The van der Waals surface area contributed by atoms with Crippen molar-refractivity contribution in [2.75, 3.05) is 39.6 Å². The van der Waals surface area contributed by atoms with Crippen LogP contribution >= 0.6 is 23.5 Å². The number of allylic oxidation sites excluding steroid dienone is 1. The maximum Gasteiger partial charge on any atom is 0.344 e. The quantitative estimate of drug-likeness (QED) is 0.103. The van der Waals surface area contributed by atoms with Gasteiger partial charge in [0.05, 0.1) is 40.5 Å². The molecule has 0 saturated carbocycles. The first kappa shape index (κ1) is 36.8. The molecule has 12 nitrogen and oxygen atoms in total. The number of ether oxygens (including phenoxy) is 6. The van der Waals surface area contributed by atoms with Gasteiger partial charge in [-0.2, -0.15) is 10.5 Å². The predicted molar refractivity (Wildman–Crippen MR) is 164 cm³/mol. The second-order valence-corrected chi connectivity index (χ2v) is 13.4. The molecule has 0 amide bonds. The number of rotatable bonds is 16. The third-order valence-electron chi connectivity index (χ3n) is 5.63. The SMILES string of the molecule is C=CC(=O)OCC(C)(C)COC(=O)COc1cc(C)c(OCC(=O)OCC(C)(C)COC(=O)C=C)c2c1SC(=C(C#N)C#N)S2. The molecule has 0 unspecified atom stereocenters. The van der Waals surface area contributed by atoms with Crippen LogP contribution in [0.15, 0.2) is 51.0 Å². The number of hydrogen-bond acceptors (Lipinski definition) is 14. The Hall–Kier alpha value is -4.40. The Bertz CT molecular complexity index is 1450. The Morgan fingerprint density at radius 1 is 0.778 bits per heavy atom. The molecular formula is C31H34N2O10S2. The van der Waals surface area contributed by atoms with E-state index in [-0.39, 0.29) is 37.8 Å². The van der Waals surface area contributed by atoms with Gasteiger partial charge in [0.15, 0.2) is 13.2 Å². The van der Waals surface area contributed by atoms with Crippen LogP contribution in [-0.4, -0.2) is 63.5 Å². The molecule has 0 fully saturated rings. The molecule has 0 aliphatic carbocycles. The zero-order valence-corrected chi connectivity index (χ0v) is 27.3. The van der Waals surface area contributed by atoms with Gasteiger partial charge in [-0.05, 0) is 18.6 Å². The number of aryl methyl sites for hydroxylation is 1. The first-order valence-corrected chi connectivity index (χ1v) is 15.0. The molecule has 0 atom stereocenters. The van der Waals surface area contributed by atoms with Crippen molar-refractivity contribution in [1.29, 1.82) is 10.5 Å². The number of esters is 4. The van der Waals surface area contributed by atoms with Crippen LogP contribution in [0.2, 0.25) is 0 Å². The zero-order valence-electron chi connectivity index (χ0n) is 25.7. The van der Waals surface area contributed by atoms with Gasteiger partial charge in [-0.1, -0.05) is 64.4 Å². The molecule has 14 heteroatoms. The molecule has 1 aromatic rings. The number of fused-ring (bicyclic) bond motifs is 1. The average molecular weight is 659 g/mol. The van der Waals surface area contributed by atoms with Crippen LogP contribution in [0.3, 0.4) is 0 Å². The average Bonchev–Trinajstić information content (AvgIpc) is 3.44. The lowest BCUT2D eigenvalue weighted by Gasteiger charge is -2.23. The predicted octanol–water partition coefficient (Wildman–Crippen LogP) is 4.81. The van der Waals surface area contributed by atoms with Crippen LogP contribution in [0.4, 0.5) is 0 Å². The molecule has 2 rings (SSSR count). The topological polar surface area (TPSA) is 171 Å². The van der Waals surface area contributed by atoms with Crippen LogP contribution in [0.25, 0.3) is 0 Å². The third-order valence-corrected chi connectivity index (χ3v) is 8.24. The summed E-state index contributed by atoms with van der Waals surface area (Å²) in [5.41, 5.74) is -0.876. The molecule has 0 radical (unpaired) electrons. The van der Waals surface area contributed by atoms with Crippen LogP contribution in [0.5, 0.6) is 11.5 Å². The highest BCUT2D eigenvalue weighted by atomic mass is 32.2. The summed E-state index contributed by atoms with van der Waals surface area (Å²) >= 11 is 2.21. The first-order valence-electron chi connectivity index (χ1n) is 13.4. The molecule has 0 N–H and O–H groups in total. The van der Waals surface area contributed by atoms with Crippen LogP contribution < -0.4 is 9.47 Å². The van der Waals surface area contributed by atoms with E-state index in [2.05, 4.69) is 13.2 Å². The Morgan fingerprint density at radius 2 is 1.22 bits per heavy atom. The molecule has 0 bridgehead atoms. The number of thioether (sulfide) groups is 2. The molecule has 1 aliphatic rings. The van der Waals surface area contributed by atoms with Gasteiger partial charge in [-0.3, -0.25) is 0 Å². The molecule has 45 heavy (non-hydrogen) atoms. The van der Waals surface area contributed by atoms with Crippen molar-refractivity contribution >= 4 is 47.4 Å². The smallest absolute Gasteiger partial charge is 0.344 e. The fourth-order valence-corrected chi connectivity index (χ4v) is 5.84. The van der Waals surface area contributed by atoms with Gasteiger partial charge in [0.1, 0.15) is 29.2 Å². The lowest BCUT2D eigenvalue weighted by molar-refractivity contribution is -0.153. The van der Waals surface area contributed by atoms with Crippen molar-refractivity contribution in [2.45, 2.75) is 44.4 Å². The lowest BCUT2D eigenvalue weighted by Crippen LogP contribution is -2.29. The minimum absolute atomic E-state index is 0.0135. The fourth-order valence-electron chi connectivity index (χ4n) is 3.26. The normalized spacial score (nSPS) is 12.0.